The van der Waals surface area contributed by atoms with Crippen LogP contribution >= 0.6 is 45.5 Å². The van der Waals surface area contributed by atoms with Gasteiger partial charge in [-0.25, -0.2) is 4.98 Å². The van der Waals surface area contributed by atoms with Gasteiger partial charge < -0.3 is 0 Å². The van der Waals surface area contributed by atoms with E-state index in [2.05, 4.69) is 60.2 Å². The third kappa shape index (κ3) is 4.39. The largest absolute Gasteiger partial charge is 0.271 e. The summed E-state index contributed by atoms with van der Waals surface area (Å²) in [7, 11) is 0. The van der Waals surface area contributed by atoms with E-state index in [1.54, 1.807) is 11.3 Å². The standard InChI is InChI=1S/C15H19ClIN3S/c1-15(2,3)13-8-21-14(19-13)7-12(20-18)9-4-5-11(17)10(16)6-9/h4-6,8,12,20H,7,18H2,1-3H3. The second-order valence-electron chi connectivity index (χ2n) is 5.97. The molecule has 1 aromatic carbocycles. The Hall–Kier alpha value is -0.210. The van der Waals surface area contributed by atoms with Crippen molar-refractivity contribution in [3.05, 3.63) is 48.4 Å². The molecule has 6 heteroatoms. The lowest BCUT2D eigenvalue weighted by atomic mass is 9.93. The van der Waals surface area contributed by atoms with Gasteiger partial charge in [0.15, 0.2) is 0 Å². The van der Waals surface area contributed by atoms with Crippen molar-refractivity contribution in [2.75, 3.05) is 0 Å². The maximum absolute atomic E-state index is 6.19. The van der Waals surface area contributed by atoms with Crippen LogP contribution in [-0.4, -0.2) is 4.98 Å². The molecule has 1 aromatic heterocycles. The number of hydrazine groups is 1. The van der Waals surface area contributed by atoms with E-state index in [1.165, 1.54) is 0 Å². The van der Waals surface area contributed by atoms with Crippen molar-refractivity contribution in [2.45, 2.75) is 38.6 Å². The summed E-state index contributed by atoms with van der Waals surface area (Å²) in [6.07, 6.45) is 0.758. The molecule has 0 saturated carbocycles. The number of thiazole rings is 1. The lowest BCUT2D eigenvalue weighted by molar-refractivity contribution is 0.541. The molecule has 1 atom stereocenters. The Morgan fingerprint density at radius 2 is 2.14 bits per heavy atom. The highest BCUT2D eigenvalue weighted by Crippen LogP contribution is 2.28. The van der Waals surface area contributed by atoms with Crippen LogP contribution in [0, 0.1) is 3.57 Å². The minimum atomic E-state index is 0.0125. The van der Waals surface area contributed by atoms with Gasteiger partial charge in [0.25, 0.3) is 0 Å². The van der Waals surface area contributed by atoms with Crippen LogP contribution < -0.4 is 11.3 Å². The summed E-state index contributed by atoms with van der Waals surface area (Å²) in [5.41, 5.74) is 5.15. The minimum Gasteiger partial charge on any atom is -0.271 e. The van der Waals surface area contributed by atoms with E-state index in [-0.39, 0.29) is 11.5 Å². The predicted molar refractivity (Wildman–Crippen MR) is 98.8 cm³/mol. The third-order valence-electron chi connectivity index (χ3n) is 3.25. The summed E-state index contributed by atoms with van der Waals surface area (Å²) in [4.78, 5) is 4.72. The van der Waals surface area contributed by atoms with Crippen molar-refractivity contribution in [3.8, 4) is 0 Å². The molecular weight excluding hydrogens is 417 g/mol. The molecular formula is C15H19ClIN3S. The fourth-order valence-electron chi connectivity index (χ4n) is 1.93. The number of hydrogen-bond donors (Lipinski definition) is 2. The zero-order chi connectivity index (χ0) is 15.6. The van der Waals surface area contributed by atoms with E-state index in [0.29, 0.717) is 0 Å². The Kier molecular flexibility index (Phi) is 5.65. The first-order valence-corrected chi connectivity index (χ1v) is 9.01. The van der Waals surface area contributed by atoms with Gasteiger partial charge in [-0.2, -0.15) is 0 Å². The first-order chi connectivity index (χ1) is 9.81. The maximum Gasteiger partial charge on any atom is 0.0948 e. The van der Waals surface area contributed by atoms with Crippen molar-refractivity contribution >= 4 is 45.5 Å². The SMILES string of the molecule is CC(C)(C)c1csc(CC(NN)c2ccc(I)c(Cl)c2)n1. The van der Waals surface area contributed by atoms with Gasteiger partial charge in [0.1, 0.15) is 0 Å². The zero-order valence-corrected chi connectivity index (χ0v) is 16.0. The highest BCUT2D eigenvalue weighted by molar-refractivity contribution is 14.1. The fourth-order valence-corrected chi connectivity index (χ4v) is 3.52. The summed E-state index contributed by atoms with van der Waals surface area (Å²) in [5.74, 6) is 5.72. The molecule has 0 aliphatic heterocycles. The first kappa shape index (κ1) is 17.1. The van der Waals surface area contributed by atoms with E-state index in [0.717, 1.165) is 31.3 Å². The van der Waals surface area contributed by atoms with E-state index < -0.39 is 0 Å². The Morgan fingerprint density at radius 1 is 1.43 bits per heavy atom. The summed E-state index contributed by atoms with van der Waals surface area (Å²) in [6.45, 7) is 6.51. The molecule has 114 valence electrons. The zero-order valence-electron chi connectivity index (χ0n) is 12.3. The summed E-state index contributed by atoms with van der Waals surface area (Å²) in [5, 5.41) is 3.96. The number of rotatable bonds is 4. The number of nitrogens with one attached hydrogen (secondary N) is 1. The average Bonchev–Trinajstić information content (AvgIpc) is 2.88. The van der Waals surface area contributed by atoms with E-state index in [1.807, 2.05) is 12.1 Å². The van der Waals surface area contributed by atoms with Crippen LogP contribution in [-0.2, 0) is 11.8 Å². The van der Waals surface area contributed by atoms with Crippen LogP contribution in [0.15, 0.2) is 23.6 Å². The van der Waals surface area contributed by atoms with Gasteiger partial charge in [-0.1, -0.05) is 38.4 Å². The number of nitrogens with two attached hydrogens (primary N) is 1. The molecule has 2 rings (SSSR count). The lowest BCUT2D eigenvalue weighted by Crippen LogP contribution is -2.29. The Balaban J connectivity index is 2.19. The van der Waals surface area contributed by atoms with E-state index in [4.69, 9.17) is 22.4 Å². The van der Waals surface area contributed by atoms with Crippen molar-refractivity contribution < 1.29 is 0 Å². The van der Waals surface area contributed by atoms with Crippen molar-refractivity contribution in [3.63, 3.8) is 0 Å². The third-order valence-corrected chi connectivity index (χ3v) is 5.69. The van der Waals surface area contributed by atoms with Crippen LogP contribution in [0.5, 0.6) is 0 Å². The molecule has 0 spiro atoms. The van der Waals surface area contributed by atoms with Crippen LogP contribution in [0.1, 0.15) is 43.1 Å². The Bertz CT molecular complexity index is 622. The molecule has 0 amide bonds. The predicted octanol–water partition coefficient (Wildman–Crippen LogP) is 4.45. The molecule has 2 aromatic rings. The molecule has 0 saturated heterocycles. The van der Waals surface area contributed by atoms with Gasteiger partial charge in [-0.05, 0) is 40.3 Å². The van der Waals surface area contributed by atoms with Crippen molar-refractivity contribution in [2.24, 2.45) is 5.84 Å². The minimum absolute atomic E-state index is 0.0125. The van der Waals surface area contributed by atoms with Gasteiger partial charge >= 0.3 is 0 Å². The monoisotopic (exact) mass is 435 g/mol. The highest BCUT2D eigenvalue weighted by Gasteiger charge is 2.19. The number of benzene rings is 1. The van der Waals surface area contributed by atoms with Crippen molar-refractivity contribution in [1.82, 2.24) is 10.4 Å². The fraction of sp³-hybridized carbons (Fsp3) is 0.400. The molecule has 0 bridgehead atoms. The second-order valence-corrected chi connectivity index (χ2v) is 8.49. The Labute approximate surface area is 148 Å². The normalized spacial score (nSPS) is 13.4. The summed E-state index contributed by atoms with van der Waals surface area (Å²) < 4.78 is 1.04. The molecule has 0 aliphatic carbocycles. The maximum atomic E-state index is 6.19. The van der Waals surface area contributed by atoms with Crippen molar-refractivity contribution in [1.29, 1.82) is 0 Å². The molecule has 0 fully saturated rings. The topological polar surface area (TPSA) is 50.9 Å². The molecule has 21 heavy (non-hydrogen) atoms. The quantitative estimate of drug-likeness (QED) is 0.424. The number of nitrogens with zero attached hydrogens (tertiary/aromatic N) is 1. The smallest absolute Gasteiger partial charge is 0.0948 e. The van der Waals surface area contributed by atoms with Crippen LogP contribution in [0.25, 0.3) is 0 Å². The number of aromatic nitrogens is 1. The van der Waals surface area contributed by atoms with Gasteiger partial charge in [0.2, 0.25) is 0 Å². The molecule has 3 N–H and O–H groups in total. The number of hydrogen-bond acceptors (Lipinski definition) is 4. The van der Waals surface area contributed by atoms with Gasteiger partial charge in [0.05, 0.1) is 21.8 Å². The molecule has 1 heterocycles. The van der Waals surface area contributed by atoms with Gasteiger partial charge in [-0.3, -0.25) is 11.3 Å². The number of halogens is 2. The van der Waals surface area contributed by atoms with Crippen LogP contribution in [0.2, 0.25) is 5.02 Å². The molecule has 3 nitrogen and oxygen atoms in total. The summed E-state index contributed by atoms with van der Waals surface area (Å²) in [6, 6.07) is 6.03. The molecule has 0 radical (unpaired) electrons. The van der Waals surface area contributed by atoms with Gasteiger partial charge in [-0.15, -0.1) is 11.3 Å². The lowest BCUT2D eigenvalue weighted by Gasteiger charge is -2.16. The average molecular weight is 436 g/mol. The highest BCUT2D eigenvalue weighted by atomic mass is 127. The molecule has 1 unspecified atom stereocenters. The molecule has 0 aliphatic rings. The van der Waals surface area contributed by atoms with Crippen LogP contribution in [0.4, 0.5) is 0 Å². The van der Waals surface area contributed by atoms with Gasteiger partial charge in [0, 0.05) is 20.8 Å². The van der Waals surface area contributed by atoms with E-state index >= 15 is 0 Å². The van der Waals surface area contributed by atoms with Crippen LogP contribution in [0.3, 0.4) is 0 Å². The summed E-state index contributed by atoms with van der Waals surface area (Å²) >= 11 is 10.1. The Morgan fingerprint density at radius 3 is 2.67 bits per heavy atom. The van der Waals surface area contributed by atoms with E-state index in [9.17, 15) is 0 Å². The first-order valence-electron chi connectivity index (χ1n) is 6.67. The second kappa shape index (κ2) is 6.91.